The standard InChI is InChI=1S/C11H17F3N2O4/c12-11(13,14)1-4-15-9(19)16-7-10(8(17)18)2-5-20-6-3-10/h1-7H2,(H,17,18)(H2,15,16,19). The van der Waals surface area contributed by atoms with Gasteiger partial charge in [-0.25, -0.2) is 4.79 Å². The molecule has 1 fully saturated rings. The molecule has 0 radical (unpaired) electrons. The molecule has 9 heteroatoms. The molecular formula is C11H17F3N2O4. The van der Waals surface area contributed by atoms with Crippen molar-refractivity contribution in [2.75, 3.05) is 26.3 Å². The molecule has 20 heavy (non-hydrogen) atoms. The van der Waals surface area contributed by atoms with Crippen molar-refractivity contribution < 1.29 is 32.6 Å². The van der Waals surface area contributed by atoms with E-state index in [1.54, 1.807) is 0 Å². The van der Waals surface area contributed by atoms with Gasteiger partial charge >= 0.3 is 18.2 Å². The van der Waals surface area contributed by atoms with Crippen molar-refractivity contribution >= 4 is 12.0 Å². The molecule has 0 aromatic rings. The number of carbonyl (C=O) groups is 2. The molecule has 0 aliphatic carbocycles. The molecule has 3 N–H and O–H groups in total. The minimum absolute atomic E-state index is 0.135. The van der Waals surface area contributed by atoms with E-state index in [0.29, 0.717) is 0 Å². The van der Waals surface area contributed by atoms with Crippen molar-refractivity contribution in [2.45, 2.75) is 25.4 Å². The van der Waals surface area contributed by atoms with Gasteiger partial charge in [0.25, 0.3) is 0 Å². The summed E-state index contributed by atoms with van der Waals surface area (Å²) < 4.78 is 40.7. The third-order valence-electron chi connectivity index (χ3n) is 3.18. The van der Waals surface area contributed by atoms with Gasteiger partial charge in [-0.1, -0.05) is 0 Å². The van der Waals surface area contributed by atoms with E-state index in [4.69, 9.17) is 4.74 Å². The predicted octanol–water partition coefficient (Wildman–Crippen LogP) is 1.12. The largest absolute Gasteiger partial charge is 0.481 e. The third kappa shape index (κ3) is 5.24. The monoisotopic (exact) mass is 298 g/mol. The maximum absolute atomic E-state index is 11.9. The maximum Gasteiger partial charge on any atom is 0.390 e. The minimum atomic E-state index is -4.34. The zero-order valence-electron chi connectivity index (χ0n) is 10.8. The smallest absolute Gasteiger partial charge is 0.390 e. The van der Waals surface area contributed by atoms with Gasteiger partial charge in [0.1, 0.15) is 0 Å². The molecule has 116 valence electrons. The van der Waals surface area contributed by atoms with Crippen LogP contribution in [0.3, 0.4) is 0 Å². The lowest BCUT2D eigenvalue weighted by atomic mass is 9.80. The van der Waals surface area contributed by atoms with E-state index in [-0.39, 0.29) is 32.6 Å². The van der Waals surface area contributed by atoms with Crippen molar-refractivity contribution in [2.24, 2.45) is 5.41 Å². The lowest BCUT2D eigenvalue weighted by Crippen LogP contribution is -2.49. The second-order valence-electron chi connectivity index (χ2n) is 4.67. The summed E-state index contributed by atoms with van der Waals surface area (Å²) in [5.74, 6) is -1.05. The molecule has 0 saturated carbocycles. The number of halogens is 3. The summed E-state index contributed by atoms with van der Waals surface area (Å²) in [5.41, 5.74) is -1.11. The van der Waals surface area contributed by atoms with Crippen LogP contribution in [0.15, 0.2) is 0 Å². The number of ether oxygens (including phenoxy) is 1. The fourth-order valence-electron chi connectivity index (χ4n) is 1.86. The Morgan fingerprint density at radius 3 is 2.30 bits per heavy atom. The Labute approximate surface area is 113 Å². The highest BCUT2D eigenvalue weighted by Crippen LogP contribution is 2.30. The normalized spacial score (nSPS) is 18.4. The van der Waals surface area contributed by atoms with Crippen molar-refractivity contribution in [3.8, 4) is 0 Å². The average molecular weight is 298 g/mol. The summed E-state index contributed by atoms with van der Waals surface area (Å²) in [6.45, 7) is -0.116. The van der Waals surface area contributed by atoms with Gasteiger partial charge in [0, 0.05) is 26.3 Å². The Bertz CT molecular complexity index is 354. The minimum Gasteiger partial charge on any atom is -0.481 e. The zero-order chi connectivity index (χ0) is 15.2. The quantitative estimate of drug-likeness (QED) is 0.710. The van der Waals surface area contributed by atoms with E-state index < -0.39 is 36.6 Å². The molecule has 0 spiro atoms. The van der Waals surface area contributed by atoms with Crippen molar-refractivity contribution in [1.82, 2.24) is 10.6 Å². The van der Waals surface area contributed by atoms with E-state index in [9.17, 15) is 27.9 Å². The van der Waals surface area contributed by atoms with Crippen molar-refractivity contribution in [3.05, 3.63) is 0 Å². The van der Waals surface area contributed by atoms with Crippen LogP contribution in [-0.4, -0.2) is 49.6 Å². The molecule has 1 aliphatic rings. The fraction of sp³-hybridized carbons (Fsp3) is 0.818. The molecule has 1 saturated heterocycles. The Hall–Kier alpha value is -1.51. The first-order valence-corrected chi connectivity index (χ1v) is 6.15. The van der Waals surface area contributed by atoms with E-state index >= 15 is 0 Å². The van der Waals surface area contributed by atoms with Crippen molar-refractivity contribution in [3.63, 3.8) is 0 Å². The highest BCUT2D eigenvalue weighted by Gasteiger charge is 2.40. The van der Waals surface area contributed by atoms with Gasteiger partial charge in [-0.2, -0.15) is 13.2 Å². The van der Waals surface area contributed by atoms with Crippen LogP contribution < -0.4 is 10.6 Å². The number of hydrogen-bond donors (Lipinski definition) is 3. The highest BCUT2D eigenvalue weighted by atomic mass is 19.4. The Morgan fingerprint density at radius 1 is 1.20 bits per heavy atom. The van der Waals surface area contributed by atoms with Crippen LogP contribution >= 0.6 is 0 Å². The number of urea groups is 1. The molecule has 0 unspecified atom stereocenters. The van der Waals surface area contributed by atoms with Crippen LogP contribution in [0.25, 0.3) is 0 Å². The number of carboxylic acids is 1. The Kier molecular flexibility index (Phi) is 5.61. The molecular weight excluding hydrogens is 281 g/mol. The average Bonchev–Trinajstić information content (AvgIpc) is 2.36. The molecule has 1 heterocycles. The predicted molar refractivity (Wildman–Crippen MR) is 62.2 cm³/mol. The third-order valence-corrected chi connectivity index (χ3v) is 3.18. The van der Waals surface area contributed by atoms with Crippen LogP contribution in [0.4, 0.5) is 18.0 Å². The van der Waals surface area contributed by atoms with Gasteiger partial charge in [0.05, 0.1) is 11.8 Å². The van der Waals surface area contributed by atoms with Crippen LogP contribution in [-0.2, 0) is 9.53 Å². The van der Waals surface area contributed by atoms with Crippen LogP contribution in [0.2, 0.25) is 0 Å². The summed E-state index contributed by atoms with van der Waals surface area (Å²) in [6, 6.07) is -0.804. The van der Waals surface area contributed by atoms with Gasteiger partial charge in [-0.05, 0) is 12.8 Å². The maximum atomic E-state index is 11.9. The summed E-state index contributed by atoms with van der Waals surface area (Å²) in [5, 5.41) is 13.6. The first-order valence-electron chi connectivity index (χ1n) is 6.15. The van der Waals surface area contributed by atoms with E-state index in [1.165, 1.54) is 0 Å². The van der Waals surface area contributed by atoms with Gasteiger partial charge in [0.15, 0.2) is 0 Å². The van der Waals surface area contributed by atoms with E-state index in [2.05, 4.69) is 5.32 Å². The van der Waals surface area contributed by atoms with E-state index in [1.807, 2.05) is 5.32 Å². The Morgan fingerprint density at radius 2 is 1.80 bits per heavy atom. The number of nitrogens with one attached hydrogen (secondary N) is 2. The molecule has 0 aromatic heterocycles. The Balaban J connectivity index is 2.36. The summed E-state index contributed by atoms with van der Waals surface area (Å²) in [4.78, 5) is 22.6. The number of alkyl halides is 3. The van der Waals surface area contributed by atoms with Gasteiger partial charge in [-0.3, -0.25) is 4.79 Å². The number of hydrogen-bond acceptors (Lipinski definition) is 3. The molecule has 0 bridgehead atoms. The van der Waals surface area contributed by atoms with Gasteiger partial charge in [0.2, 0.25) is 0 Å². The molecule has 0 aromatic carbocycles. The molecule has 2 amide bonds. The SMILES string of the molecule is O=C(NCCC(F)(F)F)NCC1(C(=O)O)CCOCC1. The van der Waals surface area contributed by atoms with E-state index in [0.717, 1.165) is 0 Å². The topological polar surface area (TPSA) is 87.7 Å². The van der Waals surface area contributed by atoms with Crippen LogP contribution in [0.1, 0.15) is 19.3 Å². The highest BCUT2D eigenvalue weighted by molar-refractivity contribution is 5.78. The molecule has 1 rings (SSSR count). The second kappa shape index (κ2) is 6.78. The first kappa shape index (κ1) is 16.5. The number of rotatable bonds is 5. The number of amides is 2. The molecule has 0 atom stereocenters. The van der Waals surface area contributed by atoms with Crippen LogP contribution in [0, 0.1) is 5.41 Å². The number of aliphatic carboxylic acids is 1. The molecule has 6 nitrogen and oxygen atoms in total. The number of carbonyl (C=O) groups excluding carboxylic acids is 1. The number of carboxylic acid groups (broad SMARTS) is 1. The van der Waals surface area contributed by atoms with Gasteiger partial charge in [-0.15, -0.1) is 0 Å². The second-order valence-corrected chi connectivity index (χ2v) is 4.67. The first-order chi connectivity index (χ1) is 9.25. The van der Waals surface area contributed by atoms with Crippen LogP contribution in [0.5, 0.6) is 0 Å². The zero-order valence-corrected chi connectivity index (χ0v) is 10.8. The summed E-state index contributed by atoms with van der Waals surface area (Å²) >= 11 is 0. The summed E-state index contributed by atoms with van der Waals surface area (Å²) in [7, 11) is 0. The molecule has 1 aliphatic heterocycles. The lowest BCUT2D eigenvalue weighted by molar-refractivity contribution is -0.154. The van der Waals surface area contributed by atoms with Crippen molar-refractivity contribution in [1.29, 1.82) is 0 Å². The fourth-order valence-corrected chi connectivity index (χ4v) is 1.86. The summed E-state index contributed by atoms with van der Waals surface area (Å²) in [6.07, 6.45) is -4.95. The van der Waals surface area contributed by atoms with Gasteiger partial charge < -0.3 is 20.5 Å². The lowest BCUT2D eigenvalue weighted by Gasteiger charge is -2.33.